The first-order valence-corrected chi connectivity index (χ1v) is 12.6. The maximum absolute atomic E-state index is 12.1. The van der Waals surface area contributed by atoms with Gasteiger partial charge in [0.1, 0.15) is 0 Å². The highest BCUT2D eigenvalue weighted by molar-refractivity contribution is 7.19. The molecule has 3 aromatic heterocycles. The normalized spacial score (nSPS) is 15.2. The lowest BCUT2D eigenvalue weighted by Crippen LogP contribution is -2.58. The number of nitrogens with zero attached hydrogens (tertiary/aromatic N) is 4. The monoisotopic (exact) mass is 509 g/mol. The van der Waals surface area contributed by atoms with Crippen LogP contribution in [-0.2, 0) is 17.8 Å². The first-order chi connectivity index (χ1) is 17.1. The third-order valence-corrected chi connectivity index (χ3v) is 7.69. The highest BCUT2D eigenvalue weighted by Gasteiger charge is 2.31. The fourth-order valence-corrected chi connectivity index (χ4v) is 6.10. The second-order valence-corrected chi connectivity index (χ2v) is 10.1. The van der Waals surface area contributed by atoms with Crippen LogP contribution in [0.25, 0.3) is 21.3 Å². The first kappa shape index (κ1) is 23.5. The summed E-state index contributed by atoms with van der Waals surface area (Å²) >= 11 is 8.27. The van der Waals surface area contributed by atoms with E-state index in [4.69, 9.17) is 21.5 Å². The second kappa shape index (κ2) is 10.2. The zero-order valence-corrected chi connectivity index (χ0v) is 20.4. The number of rotatable bonds is 4. The highest BCUT2D eigenvalue weighted by Crippen LogP contribution is 2.44. The van der Waals surface area contributed by atoms with Crippen molar-refractivity contribution in [1.29, 1.82) is 0 Å². The molecule has 1 fully saturated rings. The summed E-state index contributed by atoms with van der Waals surface area (Å²) in [7, 11) is 0. The Hall–Kier alpha value is -3.27. The second-order valence-electron chi connectivity index (χ2n) is 8.48. The predicted molar refractivity (Wildman–Crippen MR) is 139 cm³/mol. The van der Waals surface area contributed by atoms with Crippen LogP contribution in [0, 0.1) is 0 Å². The van der Waals surface area contributed by atoms with Crippen LogP contribution in [0.3, 0.4) is 0 Å². The third kappa shape index (κ3) is 4.67. The molecule has 0 amide bonds. The molecule has 0 unspecified atom stereocenters. The Morgan fingerprint density at radius 2 is 2.03 bits per heavy atom. The molecule has 6 rings (SSSR count). The van der Waals surface area contributed by atoms with E-state index in [9.17, 15) is 4.79 Å². The Morgan fingerprint density at radius 3 is 2.77 bits per heavy atom. The van der Waals surface area contributed by atoms with Crippen LogP contribution in [-0.4, -0.2) is 52.0 Å². The van der Waals surface area contributed by atoms with Gasteiger partial charge in [0, 0.05) is 64.8 Å². The van der Waals surface area contributed by atoms with Gasteiger partial charge in [-0.15, -0.1) is 11.3 Å². The Bertz CT molecular complexity index is 1430. The van der Waals surface area contributed by atoms with Crippen molar-refractivity contribution < 1.29 is 9.90 Å². The molecule has 2 aliphatic rings. The summed E-state index contributed by atoms with van der Waals surface area (Å²) in [6.07, 6.45) is 5.70. The lowest BCUT2D eigenvalue weighted by atomic mass is 9.92. The van der Waals surface area contributed by atoms with E-state index in [1.54, 1.807) is 23.6 Å². The Labute approximate surface area is 210 Å². The number of anilines is 1. The van der Waals surface area contributed by atoms with Gasteiger partial charge in [-0.2, -0.15) is 5.10 Å². The van der Waals surface area contributed by atoms with Crippen molar-refractivity contribution in [2.75, 3.05) is 24.5 Å². The zero-order valence-electron chi connectivity index (χ0n) is 18.9. The maximum Gasteiger partial charge on any atom is 0.290 e. The van der Waals surface area contributed by atoms with Crippen molar-refractivity contribution in [3.05, 3.63) is 74.6 Å². The minimum Gasteiger partial charge on any atom is -0.483 e. The molecule has 1 saturated heterocycles. The van der Waals surface area contributed by atoms with Crippen molar-refractivity contribution in [3.63, 3.8) is 0 Å². The molecule has 180 valence electrons. The van der Waals surface area contributed by atoms with Gasteiger partial charge in [0.2, 0.25) is 0 Å². The summed E-state index contributed by atoms with van der Waals surface area (Å²) in [5.41, 5.74) is 5.80. The Kier molecular flexibility index (Phi) is 6.81. The number of hydrogen-bond donors (Lipinski definition) is 2. The zero-order chi connectivity index (χ0) is 24.4. The number of fused-ring (bicyclic) bond motifs is 2. The smallest absolute Gasteiger partial charge is 0.290 e. The Morgan fingerprint density at radius 1 is 1.20 bits per heavy atom. The van der Waals surface area contributed by atoms with E-state index >= 15 is 0 Å². The van der Waals surface area contributed by atoms with Gasteiger partial charge < -0.3 is 15.3 Å². The van der Waals surface area contributed by atoms with E-state index < -0.39 is 0 Å². The highest BCUT2D eigenvalue weighted by atomic mass is 35.5. The minimum atomic E-state index is -0.250. The van der Waals surface area contributed by atoms with Crippen LogP contribution in [0.5, 0.6) is 0 Å². The number of aromatic nitrogens is 3. The summed E-state index contributed by atoms with van der Waals surface area (Å²) in [4.78, 5) is 28.7. The summed E-state index contributed by atoms with van der Waals surface area (Å²) in [5, 5.41) is 15.3. The summed E-state index contributed by atoms with van der Waals surface area (Å²) in [6.45, 7) is 3.30. The van der Waals surface area contributed by atoms with E-state index in [1.165, 1.54) is 27.6 Å². The summed E-state index contributed by atoms with van der Waals surface area (Å²) < 4.78 is 2.60. The van der Waals surface area contributed by atoms with Gasteiger partial charge in [-0.1, -0.05) is 11.6 Å². The number of pyridine rings is 1. The molecular weight excluding hydrogens is 486 g/mol. The number of carbonyl (C=O) groups is 1. The van der Waals surface area contributed by atoms with Gasteiger partial charge in [0.15, 0.2) is 0 Å². The number of carboxylic acid groups (broad SMARTS) is 1. The molecule has 35 heavy (non-hydrogen) atoms. The molecular formula is C25H24ClN5O3S. The van der Waals surface area contributed by atoms with Gasteiger partial charge >= 0.3 is 0 Å². The van der Waals surface area contributed by atoms with Crippen LogP contribution in [0.1, 0.15) is 16.9 Å². The van der Waals surface area contributed by atoms with Crippen molar-refractivity contribution in [1.82, 2.24) is 20.1 Å². The van der Waals surface area contributed by atoms with E-state index in [0.29, 0.717) is 12.6 Å². The fourth-order valence-electron chi connectivity index (χ4n) is 4.73. The topological polar surface area (TPSA) is 100 Å². The largest absolute Gasteiger partial charge is 0.483 e. The van der Waals surface area contributed by atoms with Crippen molar-refractivity contribution >= 4 is 45.3 Å². The van der Waals surface area contributed by atoms with Gasteiger partial charge in [-0.05, 0) is 48.7 Å². The lowest BCUT2D eigenvalue weighted by Gasteiger charge is -2.44. The van der Waals surface area contributed by atoms with Crippen molar-refractivity contribution in [3.8, 4) is 11.1 Å². The van der Waals surface area contributed by atoms with Crippen LogP contribution < -0.4 is 15.8 Å². The van der Waals surface area contributed by atoms with Crippen LogP contribution in [0.2, 0.25) is 5.02 Å². The summed E-state index contributed by atoms with van der Waals surface area (Å²) in [6, 6.07) is 12.1. The molecule has 10 heteroatoms. The van der Waals surface area contributed by atoms with Crippen molar-refractivity contribution in [2.24, 2.45) is 0 Å². The Balaban J connectivity index is 0.000000806. The van der Waals surface area contributed by atoms with E-state index in [0.717, 1.165) is 58.2 Å². The minimum absolute atomic E-state index is 0.105. The molecule has 8 nitrogen and oxygen atoms in total. The average molecular weight is 510 g/mol. The van der Waals surface area contributed by atoms with E-state index in [2.05, 4.69) is 44.6 Å². The SMILES string of the molecule is O=CO.O=c1cccnn1Cc1cc2nccc(-c3cc(Cl)cc4c3N(C3CNC3)CCC4)c2s1. The molecule has 0 bridgehead atoms. The van der Waals surface area contributed by atoms with Crippen molar-refractivity contribution in [2.45, 2.75) is 25.4 Å². The molecule has 2 N–H and O–H groups in total. The standard InChI is InChI=1S/C24H22ClN5OS.CH2O2/c25-16-9-15-3-2-8-29(17-12-26-13-17)23(15)20(10-16)19-5-7-27-21-11-18(32-24(19)21)14-30-22(31)4-1-6-28-30;2-1-3/h1,4-7,9-11,17,26H,2-3,8,12-14H2;1H,(H,2,3). The fraction of sp³-hybridized carbons (Fsp3) is 0.280. The molecule has 1 aromatic carbocycles. The van der Waals surface area contributed by atoms with Crippen LogP contribution in [0.15, 0.2) is 53.6 Å². The molecule has 4 aromatic rings. The molecule has 0 spiro atoms. The number of nitrogens with one attached hydrogen (secondary N) is 1. The number of aryl methyl sites for hydroxylation is 1. The van der Waals surface area contributed by atoms with Gasteiger partial charge in [-0.25, -0.2) is 4.68 Å². The lowest BCUT2D eigenvalue weighted by molar-refractivity contribution is -0.122. The molecule has 0 atom stereocenters. The van der Waals surface area contributed by atoms with Crippen LogP contribution >= 0.6 is 22.9 Å². The van der Waals surface area contributed by atoms with Crippen LogP contribution in [0.4, 0.5) is 5.69 Å². The summed E-state index contributed by atoms with van der Waals surface area (Å²) in [5.74, 6) is 0. The van der Waals surface area contributed by atoms with E-state index in [1.807, 2.05) is 6.20 Å². The molecule has 5 heterocycles. The first-order valence-electron chi connectivity index (χ1n) is 11.4. The number of thiophene rings is 1. The van der Waals surface area contributed by atoms with Gasteiger partial charge in [-0.3, -0.25) is 14.6 Å². The van der Waals surface area contributed by atoms with Gasteiger partial charge in [0.05, 0.1) is 22.8 Å². The molecule has 0 radical (unpaired) electrons. The van der Waals surface area contributed by atoms with E-state index in [-0.39, 0.29) is 12.0 Å². The molecule has 0 aliphatic carbocycles. The predicted octanol–water partition coefficient (Wildman–Crippen LogP) is 3.65. The number of halogens is 1. The maximum atomic E-state index is 12.1. The quantitative estimate of drug-likeness (QED) is 0.405. The number of benzene rings is 1. The average Bonchev–Trinajstić information content (AvgIpc) is 3.22. The number of hydrogen-bond acceptors (Lipinski definition) is 7. The molecule has 2 aliphatic heterocycles. The third-order valence-electron chi connectivity index (χ3n) is 6.33. The molecule has 0 saturated carbocycles. The van der Waals surface area contributed by atoms with Gasteiger partial charge in [0.25, 0.3) is 12.0 Å².